The average Bonchev–Trinajstić information content (AvgIpc) is 2.91. The van der Waals surface area contributed by atoms with Gasteiger partial charge < -0.3 is 9.64 Å². The summed E-state index contributed by atoms with van der Waals surface area (Å²) >= 11 is 0. The van der Waals surface area contributed by atoms with Gasteiger partial charge in [-0.15, -0.1) is 6.58 Å². The van der Waals surface area contributed by atoms with E-state index in [1.165, 1.54) is 18.9 Å². The second-order valence-corrected chi connectivity index (χ2v) is 7.84. The number of nitrogens with zero attached hydrogens (tertiary/aromatic N) is 1. The second-order valence-electron chi connectivity index (χ2n) is 5.99. The third-order valence-corrected chi connectivity index (χ3v) is 5.57. The van der Waals surface area contributed by atoms with Crippen LogP contribution in [0.3, 0.4) is 0 Å². The maximum atomic E-state index is 11.8. The highest BCUT2D eigenvalue weighted by molar-refractivity contribution is 7.89. The van der Waals surface area contributed by atoms with E-state index in [2.05, 4.69) is 16.2 Å². The van der Waals surface area contributed by atoms with Crippen LogP contribution < -0.4 is 4.72 Å². The zero-order valence-corrected chi connectivity index (χ0v) is 13.0. The molecule has 6 heteroatoms. The molecule has 20 heavy (non-hydrogen) atoms. The Morgan fingerprint density at radius 2 is 1.90 bits per heavy atom. The molecule has 0 spiro atoms. The molecule has 2 aliphatic heterocycles. The predicted molar refractivity (Wildman–Crippen MR) is 80.1 cm³/mol. The fourth-order valence-corrected chi connectivity index (χ4v) is 4.04. The highest BCUT2D eigenvalue weighted by atomic mass is 32.2. The summed E-state index contributed by atoms with van der Waals surface area (Å²) in [4.78, 5) is 2.47. The normalized spacial score (nSPS) is 23.8. The number of hydrogen-bond acceptors (Lipinski definition) is 4. The van der Waals surface area contributed by atoms with Crippen molar-refractivity contribution >= 4 is 10.0 Å². The summed E-state index contributed by atoms with van der Waals surface area (Å²) in [7, 11) is -3.23. The van der Waals surface area contributed by atoms with E-state index in [4.69, 9.17) is 4.74 Å². The van der Waals surface area contributed by atoms with E-state index in [1.54, 1.807) is 0 Å². The number of ether oxygens (including phenoxy) is 1. The molecule has 0 atom stereocenters. The van der Waals surface area contributed by atoms with Crippen molar-refractivity contribution in [3.63, 3.8) is 0 Å². The van der Waals surface area contributed by atoms with Gasteiger partial charge in [-0.25, -0.2) is 13.1 Å². The van der Waals surface area contributed by atoms with E-state index in [-0.39, 0.29) is 11.2 Å². The highest BCUT2D eigenvalue weighted by Crippen LogP contribution is 2.32. The van der Waals surface area contributed by atoms with Crippen molar-refractivity contribution in [3.8, 4) is 0 Å². The summed E-state index contributed by atoms with van der Waals surface area (Å²) in [5.74, 6) is -0.0106. The maximum absolute atomic E-state index is 11.8. The molecule has 0 unspecified atom stereocenters. The molecule has 2 fully saturated rings. The van der Waals surface area contributed by atoms with Crippen LogP contribution in [0.4, 0.5) is 0 Å². The van der Waals surface area contributed by atoms with Gasteiger partial charge in [-0.1, -0.05) is 6.08 Å². The van der Waals surface area contributed by atoms with Gasteiger partial charge in [0, 0.05) is 31.7 Å². The van der Waals surface area contributed by atoms with Gasteiger partial charge in [0.25, 0.3) is 0 Å². The topological polar surface area (TPSA) is 58.6 Å². The molecule has 2 heterocycles. The summed E-state index contributed by atoms with van der Waals surface area (Å²) in [6.45, 7) is 8.74. The highest BCUT2D eigenvalue weighted by Gasteiger charge is 2.35. The van der Waals surface area contributed by atoms with Crippen LogP contribution in [0.25, 0.3) is 0 Å². The predicted octanol–water partition coefficient (Wildman–Crippen LogP) is 0.984. The molecule has 0 aromatic heterocycles. The minimum atomic E-state index is -3.23. The van der Waals surface area contributed by atoms with Crippen LogP contribution >= 0.6 is 0 Å². The Morgan fingerprint density at radius 1 is 1.25 bits per heavy atom. The molecule has 0 aromatic carbocycles. The van der Waals surface area contributed by atoms with Crippen LogP contribution in [0.15, 0.2) is 12.7 Å². The molecule has 2 rings (SSSR count). The lowest BCUT2D eigenvalue weighted by Crippen LogP contribution is -2.48. The van der Waals surface area contributed by atoms with Crippen LogP contribution in [0.5, 0.6) is 0 Å². The fraction of sp³-hybridized carbons (Fsp3) is 0.857. The number of rotatable bonds is 7. The van der Waals surface area contributed by atoms with Crippen molar-refractivity contribution < 1.29 is 13.2 Å². The number of nitrogens with one attached hydrogen (secondary N) is 1. The Labute approximate surface area is 122 Å². The third kappa shape index (κ3) is 4.55. The van der Waals surface area contributed by atoms with E-state index in [0.717, 1.165) is 45.7 Å². The molecule has 1 N–H and O–H groups in total. The van der Waals surface area contributed by atoms with E-state index in [9.17, 15) is 8.42 Å². The minimum absolute atomic E-state index is 0.0106. The molecule has 0 aromatic rings. The van der Waals surface area contributed by atoms with Gasteiger partial charge in [0.2, 0.25) is 10.0 Å². The van der Waals surface area contributed by atoms with Gasteiger partial charge in [-0.3, -0.25) is 0 Å². The first-order valence-electron chi connectivity index (χ1n) is 7.44. The average molecular weight is 302 g/mol. The third-order valence-electron chi connectivity index (χ3n) is 4.32. The number of sulfonamides is 1. The SMILES string of the molecule is C=CCS(=O)(=O)NCC1(CN2CCCC2)CCOCC1. The Kier molecular flexibility index (Phi) is 5.60. The lowest BCUT2D eigenvalue weighted by Gasteiger charge is -2.40. The van der Waals surface area contributed by atoms with Crippen molar-refractivity contribution in [3.05, 3.63) is 12.7 Å². The monoisotopic (exact) mass is 302 g/mol. The summed E-state index contributed by atoms with van der Waals surface area (Å²) in [5.41, 5.74) is 0.0246. The Morgan fingerprint density at radius 3 is 2.50 bits per heavy atom. The zero-order valence-electron chi connectivity index (χ0n) is 12.1. The first-order valence-corrected chi connectivity index (χ1v) is 9.09. The molecule has 0 saturated carbocycles. The smallest absolute Gasteiger partial charge is 0.215 e. The van der Waals surface area contributed by atoms with Gasteiger partial charge >= 0.3 is 0 Å². The van der Waals surface area contributed by atoms with Gasteiger partial charge in [-0.05, 0) is 38.8 Å². The number of likely N-dealkylation sites (tertiary alicyclic amines) is 1. The van der Waals surface area contributed by atoms with Crippen molar-refractivity contribution in [1.82, 2.24) is 9.62 Å². The van der Waals surface area contributed by atoms with E-state index in [1.807, 2.05) is 0 Å². The van der Waals surface area contributed by atoms with Crippen LogP contribution in [-0.4, -0.2) is 58.5 Å². The molecule has 0 amide bonds. The first kappa shape index (κ1) is 15.9. The van der Waals surface area contributed by atoms with Crippen LogP contribution in [-0.2, 0) is 14.8 Å². The van der Waals surface area contributed by atoms with Crippen molar-refractivity contribution in [2.24, 2.45) is 5.41 Å². The Balaban J connectivity index is 1.97. The molecular formula is C14H26N2O3S. The molecule has 0 aliphatic carbocycles. The Bertz CT molecular complexity index is 410. The largest absolute Gasteiger partial charge is 0.381 e. The van der Waals surface area contributed by atoms with Crippen molar-refractivity contribution in [2.75, 3.05) is 45.1 Å². The number of hydrogen-bond donors (Lipinski definition) is 1. The van der Waals surface area contributed by atoms with Crippen LogP contribution in [0, 0.1) is 5.41 Å². The molecule has 2 saturated heterocycles. The fourth-order valence-electron chi connectivity index (χ4n) is 3.09. The standard InChI is InChI=1S/C14H26N2O3S/c1-2-11-20(17,18)15-12-14(5-9-19-10-6-14)13-16-7-3-4-8-16/h2,15H,1,3-13H2. The van der Waals surface area contributed by atoms with Crippen molar-refractivity contribution in [1.29, 1.82) is 0 Å². The van der Waals surface area contributed by atoms with E-state index >= 15 is 0 Å². The molecule has 2 aliphatic rings. The molecule has 0 radical (unpaired) electrons. The Hall–Kier alpha value is -0.430. The maximum Gasteiger partial charge on any atom is 0.215 e. The van der Waals surface area contributed by atoms with Gasteiger partial charge in [-0.2, -0.15) is 0 Å². The second kappa shape index (κ2) is 7.02. The summed E-state index contributed by atoms with van der Waals surface area (Å²) < 4.78 is 31.9. The molecule has 116 valence electrons. The lowest BCUT2D eigenvalue weighted by atomic mass is 9.80. The quantitative estimate of drug-likeness (QED) is 0.712. The van der Waals surface area contributed by atoms with Gasteiger partial charge in [0.1, 0.15) is 0 Å². The molecular weight excluding hydrogens is 276 g/mol. The summed E-state index contributed by atoms with van der Waals surface area (Å²) in [6.07, 6.45) is 5.81. The van der Waals surface area contributed by atoms with Gasteiger partial charge in [0.15, 0.2) is 0 Å². The van der Waals surface area contributed by atoms with Crippen molar-refractivity contribution in [2.45, 2.75) is 25.7 Å². The first-order chi connectivity index (χ1) is 9.55. The zero-order chi connectivity index (χ0) is 14.5. The van der Waals surface area contributed by atoms with E-state index in [0.29, 0.717) is 6.54 Å². The van der Waals surface area contributed by atoms with Crippen LogP contribution in [0.1, 0.15) is 25.7 Å². The van der Waals surface area contributed by atoms with Crippen LogP contribution in [0.2, 0.25) is 0 Å². The lowest BCUT2D eigenvalue weighted by molar-refractivity contribution is 0.00158. The van der Waals surface area contributed by atoms with E-state index < -0.39 is 10.0 Å². The summed E-state index contributed by atoms with van der Waals surface area (Å²) in [5, 5.41) is 0. The molecule has 5 nitrogen and oxygen atoms in total. The molecule has 0 bridgehead atoms. The minimum Gasteiger partial charge on any atom is -0.381 e. The van der Waals surface area contributed by atoms with Gasteiger partial charge in [0.05, 0.1) is 5.75 Å². The summed E-state index contributed by atoms with van der Waals surface area (Å²) in [6, 6.07) is 0.